The summed E-state index contributed by atoms with van der Waals surface area (Å²) in [5.74, 6) is 1.89. The van der Waals surface area contributed by atoms with Gasteiger partial charge in [0.05, 0.1) is 18.7 Å². The first-order valence-electron chi connectivity index (χ1n) is 11.6. The van der Waals surface area contributed by atoms with Gasteiger partial charge >= 0.3 is 0 Å². The maximum absolute atomic E-state index is 12.4. The molecule has 2 heterocycles. The maximum atomic E-state index is 12.4. The topological polar surface area (TPSA) is 81.9 Å². The highest BCUT2D eigenvalue weighted by Gasteiger charge is 2.23. The quantitative estimate of drug-likeness (QED) is 0.306. The molecule has 1 saturated carbocycles. The van der Waals surface area contributed by atoms with E-state index in [1.54, 1.807) is 23.1 Å². The van der Waals surface area contributed by atoms with Crippen LogP contribution in [0, 0.1) is 0 Å². The standard InChI is InChI=1S/C24H31N5O2S2/c1-3-31-20-12-10-17(11-13-20)23-26-18(16-33-23)15-22(30)25-14-6-9-21-27-28-24(32-2)29(21)19-7-4-5-8-19/h10-13,16,19H,3-9,14-15H2,1-2H3,(H,25,30). The smallest absolute Gasteiger partial charge is 0.226 e. The van der Waals surface area contributed by atoms with Crippen LogP contribution in [0.4, 0.5) is 0 Å². The Kier molecular flexibility index (Phi) is 8.39. The average molecular weight is 486 g/mol. The summed E-state index contributed by atoms with van der Waals surface area (Å²) in [5, 5.41) is 15.7. The van der Waals surface area contributed by atoms with Gasteiger partial charge < -0.3 is 14.6 Å². The highest BCUT2D eigenvalue weighted by Crippen LogP contribution is 2.33. The molecule has 0 bridgehead atoms. The SMILES string of the molecule is CCOc1ccc(-c2nc(CC(=O)NCCCc3nnc(SC)n3C3CCCC3)cs2)cc1. The summed E-state index contributed by atoms with van der Waals surface area (Å²) in [7, 11) is 0. The molecule has 176 valence electrons. The number of carbonyl (C=O) groups excluding carboxylic acids is 1. The lowest BCUT2D eigenvalue weighted by Crippen LogP contribution is -2.26. The molecule has 0 spiro atoms. The Hall–Kier alpha value is -2.39. The maximum Gasteiger partial charge on any atom is 0.226 e. The fourth-order valence-corrected chi connectivity index (χ4v) is 5.63. The van der Waals surface area contributed by atoms with Crippen molar-refractivity contribution in [3.63, 3.8) is 0 Å². The van der Waals surface area contributed by atoms with Crippen LogP contribution in [0.15, 0.2) is 34.8 Å². The van der Waals surface area contributed by atoms with Crippen LogP contribution in [0.25, 0.3) is 10.6 Å². The van der Waals surface area contributed by atoms with Gasteiger partial charge in [0.2, 0.25) is 5.91 Å². The molecule has 9 heteroatoms. The Morgan fingerprint density at radius 1 is 1.24 bits per heavy atom. The Balaban J connectivity index is 1.24. The number of amides is 1. The third-order valence-corrected chi connectivity index (χ3v) is 7.40. The number of thioether (sulfide) groups is 1. The number of carbonyl (C=O) groups is 1. The molecule has 7 nitrogen and oxygen atoms in total. The summed E-state index contributed by atoms with van der Waals surface area (Å²) in [6.45, 7) is 3.24. The molecule has 0 radical (unpaired) electrons. The second-order valence-corrected chi connectivity index (χ2v) is 9.77. The number of thiazole rings is 1. The lowest BCUT2D eigenvalue weighted by Gasteiger charge is -2.16. The molecule has 1 aromatic carbocycles. The molecule has 1 aliphatic rings. The number of hydrogen-bond acceptors (Lipinski definition) is 7. The van der Waals surface area contributed by atoms with Crippen LogP contribution in [0.2, 0.25) is 0 Å². The van der Waals surface area contributed by atoms with Crippen molar-refractivity contribution in [3.8, 4) is 16.3 Å². The molecule has 1 amide bonds. The monoisotopic (exact) mass is 485 g/mol. The molecular weight excluding hydrogens is 454 g/mol. The van der Waals surface area contributed by atoms with Crippen LogP contribution in [0.3, 0.4) is 0 Å². The van der Waals surface area contributed by atoms with Gasteiger partial charge in [-0.1, -0.05) is 24.6 Å². The van der Waals surface area contributed by atoms with Crippen molar-refractivity contribution in [1.29, 1.82) is 0 Å². The molecule has 1 N–H and O–H groups in total. The number of ether oxygens (including phenoxy) is 1. The van der Waals surface area contributed by atoms with E-state index in [9.17, 15) is 4.79 Å². The van der Waals surface area contributed by atoms with Crippen molar-refractivity contribution >= 4 is 29.0 Å². The van der Waals surface area contributed by atoms with Gasteiger partial charge in [-0.2, -0.15) is 0 Å². The van der Waals surface area contributed by atoms with Crippen molar-refractivity contribution in [3.05, 3.63) is 41.2 Å². The van der Waals surface area contributed by atoms with Gasteiger partial charge in [-0.25, -0.2) is 4.98 Å². The summed E-state index contributed by atoms with van der Waals surface area (Å²) in [5.41, 5.74) is 1.83. The zero-order chi connectivity index (χ0) is 23.0. The summed E-state index contributed by atoms with van der Waals surface area (Å²) in [6, 6.07) is 8.42. The Bertz CT molecular complexity index is 1040. The molecule has 1 aliphatic carbocycles. The van der Waals surface area contributed by atoms with Crippen molar-refractivity contribution in [1.82, 2.24) is 25.1 Å². The van der Waals surface area contributed by atoms with Crippen LogP contribution in [0.1, 0.15) is 56.6 Å². The molecule has 2 aromatic heterocycles. The summed E-state index contributed by atoms with van der Waals surface area (Å²) in [4.78, 5) is 17.0. The van der Waals surface area contributed by atoms with E-state index in [0.717, 1.165) is 45.8 Å². The molecule has 1 fully saturated rings. The Labute approximate surface area is 203 Å². The summed E-state index contributed by atoms with van der Waals surface area (Å²) < 4.78 is 7.82. The van der Waals surface area contributed by atoms with Crippen molar-refractivity contribution in [2.45, 2.75) is 63.1 Å². The number of hydrogen-bond donors (Lipinski definition) is 1. The van der Waals surface area contributed by atoms with E-state index in [1.807, 2.05) is 36.6 Å². The predicted octanol–water partition coefficient (Wildman–Crippen LogP) is 4.93. The highest BCUT2D eigenvalue weighted by molar-refractivity contribution is 7.98. The zero-order valence-corrected chi connectivity index (χ0v) is 20.9. The van der Waals surface area contributed by atoms with Crippen LogP contribution in [0.5, 0.6) is 5.75 Å². The van der Waals surface area contributed by atoms with E-state index >= 15 is 0 Å². The summed E-state index contributed by atoms with van der Waals surface area (Å²) >= 11 is 3.21. The van der Waals surface area contributed by atoms with Crippen LogP contribution in [-0.4, -0.2) is 45.1 Å². The first-order chi connectivity index (χ1) is 16.2. The van der Waals surface area contributed by atoms with Gasteiger partial charge in [-0.05, 0) is 56.7 Å². The molecular formula is C24H31N5O2S2. The van der Waals surface area contributed by atoms with E-state index < -0.39 is 0 Å². The van der Waals surface area contributed by atoms with Gasteiger partial charge in [-0.15, -0.1) is 21.5 Å². The first kappa shape index (κ1) is 23.8. The molecule has 0 saturated heterocycles. The third kappa shape index (κ3) is 6.14. The van der Waals surface area contributed by atoms with Crippen LogP contribution >= 0.6 is 23.1 Å². The van der Waals surface area contributed by atoms with Gasteiger partial charge in [0.15, 0.2) is 5.16 Å². The predicted molar refractivity (Wildman–Crippen MR) is 133 cm³/mol. The van der Waals surface area contributed by atoms with Gasteiger partial charge in [0.1, 0.15) is 16.6 Å². The van der Waals surface area contributed by atoms with Crippen molar-refractivity contribution < 1.29 is 9.53 Å². The van der Waals surface area contributed by atoms with Gasteiger partial charge in [0.25, 0.3) is 0 Å². The van der Waals surface area contributed by atoms with Gasteiger partial charge in [-0.3, -0.25) is 4.79 Å². The first-order valence-corrected chi connectivity index (χ1v) is 13.7. The van der Waals surface area contributed by atoms with E-state index in [-0.39, 0.29) is 5.91 Å². The second-order valence-electron chi connectivity index (χ2n) is 8.14. The number of aryl methyl sites for hydroxylation is 1. The van der Waals surface area contributed by atoms with E-state index in [2.05, 4.69) is 31.3 Å². The highest BCUT2D eigenvalue weighted by atomic mass is 32.2. The van der Waals surface area contributed by atoms with Gasteiger partial charge in [0, 0.05) is 30.0 Å². The van der Waals surface area contributed by atoms with Crippen molar-refractivity contribution in [2.75, 3.05) is 19.4 Å². The molecule has 0 unspecified atom stereocenters. The lowest BCUT2D eigenvalue weighted by atomic mass is 10.2. The largest absolute Gasteiger partial charge is 0.494 e. The van der Waals surface area contributed by atoms with Crippen molar-refractivity contribution in [2.24, 2.45) is 0 Å². The average Bonchev–Trinajstić information content (AvgIpc) is 3.58. The Morgan fingerprint density at radius 3 is 2.76 bits per heavy atom. The third-order valence-electron chi connectivity index (χ3n) is 5.81. The fourth-order valence-electron chi connectivity index (χ4n) is 4.23. The van der Waals surface area contributed by atoms with Crippen LogP contribution < -0.4 is 10.1 Å². The Morgan fingerprint density at radius 2 is 2.03 bits per heavy atom. The minimum atomic E-state index is 0.000561. The number of benzene rings is 1. The number of aromatic nitrogens is 4. The fraction of sp³-hybridized carbons (Fsp3) is 0.500. The molecule has 4 rings (SSSR count). The summed E-state index contributed by atoms with van der Waals surface area (Å²) in [6.07, 6.45) is 9.00. The zero-order valence-electron chi connectivity index (χ0n) is 19.2. The van der Waals surface area contributed by atoms with Crippen LogP contribution in [-0.2, 0) is 17.6 Å². The van der Waals surface area contributed by atoms with E-state index in [0.29, 0.717) is 25.6 Å². The molecule has 3 aromatic rings. The molecule has 0 aliphatic heterocycles. The van der Waals surface area contributed by atoms with E-state index in [1.165, 1.54) is 25.7 Å². The number of rotatable bonds is 11. The lowest BCUT2D eigenvalue weighted by molar-refractivity contribution is -0.120. The number of nitrogens with one attached hydrogen (secondary N) is 1. The second kappa shape index (κ2) is 11.7. The minimum Gasteiger partial charge on any atom is -0.494 e. The molecule has 33 heavy (non-hydrogen) atoms. The normalized spacial score (nSPS) is 14.0. The van der Waals surface area contributed by atoms with E-state index in [4.69, 9.17) is 4.74 Å². The number of nitrogens with zero attached hydrogens (tertiary/aromatic N) is 4. The molecule has 0 atom stereocenters. The minimum absolute atomic E-state index is 0.000561.